The molecule has 114 valence electrons. The number of benzene rings is 1. The van der Waals surface area contributed by atoms with E-state index in [0.29, 0.717) is 11.6 Å². The normalized spacial score (nSPS) is 16.9. The lowest BCUT2D eigenvalue weighted by Crippen LogP contribution is -2.27. The van der Waals surface area contributed by atoms with Crippen LogP contribution in [0.5, 0.6) is 0 Å². The molecule has 1 amide bonds. The van der Waals surface area contributed by atoms with Crippen molar-refractivity contribution in [1.82, 2.24) is 4.98 Å². The zero-order valence-electron chi connectivity index (χ0n) is 12.9. The molecule has 0 spiro atoms. The molecule has 0 fully saturated rings. The number of aromatic amines is 1. The first kappa shape index (κ1) is 14.6. The molecule has 0 radical (unpaired) electrons. The van der Waals surface area contributed by atoms with Gasteiger partial charge in [0.05, 0.1) is 0 Å². The average Bonchev–Trinajstić information content (AvgIpc) is 2.49. The highest BCUT2D eigenvalue weighted by atomic mass is 16.2. The van der Waals surface area contributed by atoms with Crippen molar-refractivity contribution in [3.8, 4) is 0 Å². The van der Waals surface area contributed by atoms with Gasteiger partial charge in [0.1, 0.15) is 5.56 Å². The number of nitrogens with one attached hydrogen (secondary N) is 2. The zero-order valence-corrected chi connectivity index (χ0v) is 12.9. The zero-order chi connectivity index (χ0) is 15.7. The minimum atomic E-state index is -0.355. The van der Waals surface area contributed by atoms with Crippen LogP contribution in [-0.2, 0) is 12.8 Å². The Bertz CT molecular complexity index is 760. The lowest BCUT2D eigenvalue weighted by molar-refractivity contribution is 0.102. The number of carbonyl (C=O) groups is 1. The third-order valence-corrected chi connectivity index (χ3v) is 4.22. The van der Waals surface area contributed by atoms with E-state index in [9.17, 15) is 9.59 Å². The van der Waals surface area contributed by atoms with Crippen molar-refractivity contribution in [2.24, 2.45) is 5.92 Å². The fourth-order valence-electron chi connectivity index (χ4n) is 2.89. The van der Waals surface area contributed by atoms with Crippen molar-refractivity contribution in [3.05, 3.63) is 63.1 Å². The Balaban J connectivity index is 1.87. The third kappa shape index (κ3) is 2.96. The van der Waals surface area contributed by atoms with E-state index in [1.54, 1.807) is 6.07 Å². The number of hydrogen-bond donors (Lipinski definition) is 2. The molecule has 1 aliphatic carbocycles. The van der Waals surface area contributed by atoms with Crippen LogP contribution < -0.4 is 10.9 Å². The summed E-state index contributed by atoms with van der Waals surface area (Å²) in [5, 5.41) is 2.79. The van der Waals surface area contributed by atoms with E-state index >= 15 is 0 Å². The number of fused-ring (bicyclic) bond motifs is 1. The largest absolute Gasteiger partial charge is 0.325 e. The molecule has 0 saturated heterocycles. The Morgan fingerprint density at radius 3 is 2.73 bits per heavy atom. The Morgan fingerprint density at radius 1 is 1.27 bits per heavy atom. The number of carbonyl (C=O) groups excluding carboxylic acids is 1. The van der Waals surface area contributed by atoms with Gasteiger partial charge in [-0.2, -0.15) is 0 Å². The van der Waals surface area contributed by atoms with E-state index in [-0.39, 0.29) is 17.0 Å². The maximum atomic E-state index is 12.4. The summed E-state index contributed by atoms with van der Waals surface area (Å²) in [5.41, 5.74) is 3.77. The minimum absolute atomic E-state index is 0.188. The number of anilines is 1. The molecule has 0 bridgehead atoms. The lowest BCUT2D eigenvalue weighted by atomic mass is 9.87. The smallest absolute Gasteiger partial charge is 0.261 e. The summed E-state index contributed by atoms with van der Waals surface area (Å²) in [4.78, 5) is 27.4. The molecule has 0 saturated carbocycles. The molecule has 3 rings (SSSR count). The second-order valence-corrected chi connectivity index (χ2v) is 6.18. The molecule has 22 heavy (non-hydrogen) atoms. The molecular formula is C18H20N2O2. The summed E-state index contributed by atoms with van der Waals surface area (Å²) < 4.78 is 0. The molecule has 1 aromatic carbocycles. The van der Waals surface area contributed by atoms with Gasteiger partial charge in [-0.15, -0.1) is 0 Å². The number of amides is 1. The summed E-state index contributed by atoms with van der Waals surface area (Å²) >= 11 is 0. The minimum Gasteiger partial charge on any atom is -0.325 e. The maximum absolute atomic E-state index is 12.4. The van der Waals surface area contributed by atoms with E-state index in [1.807, 2.05) is 31.2 Å². The molecule has 1 heterocycles. The fraction of sp³-hybridized carbons (Fsp3) is 0.333. The van der Waals surface area contributed by atoms with Crippen molar-refractivity contribution in [2.75, 3.05) is 5.32 Å². The van der Waals surface area contributed by atoms with Crippen LogP contribution in [0.2, 0.25) is 0 Å². The Kier molecular flexibility index (Phi) is 3.84. The standard InChI is InChI=1S/C18H20N2O2/c1-11-3-6-14(7-4-11)19-17(21)15-10-13-9-12(2)5-8-16(13)20-18(15)22/h3-4,6-7,10,12H,5,8-9H2,1-2H3,(H,19,21)(H,20,22)/t12-/m0/s1. The van der Waals surface area contributed by atoms with Gasteiger partial charge in [-0.05, 0) is 55.9 Å². The summed E-state index contributed by atoms with van der Waals surface area (Å²) in [6.07, 6.45) is 2.88. The van der Waals surface area contributed by atoms with Gasteiger partial charge in [0.15, 0.2) is 0 Å². The summed E-state index contributed by atoms with van der Waals surface area (Å²) in [6.45, 7) is 4.18. The van der Waals surface area contributed by atoms with Crippen LogP contribution in [0.15, 0.2) is 35.1 Å². The Morgan fingerprint density at radius 2 is 2.00 bits per heavy atom. The second-order valence-electron chi connectivity index (χ2n) is 6.18. The topological polar surface area (TPSA) is 62.0 Å². The van der Waals surface area contributed by atoms with Gasteiger partial charge in [-0.1, -0.05) is 24.6 Å². The number of H-pyrrole nitrogens is 1. The average molecular weight is 296 g/mol. The molecule has 1 atom stereocenters. The van der Waals surface area contributed by atoms with Crippen molar-refractivity contribution < 1.29 is 4.79 Å². The number of aryl methyl sites for hydroxylation is 2. The monoisotopic (exact) mass is 296 g/mol. The van der Waals surface area contributed by atoms with Crippen LogP contribution in [0.25, 0.3) is 0 Å². The molecule has 4 heteroatoms. The van der Waals surface area contributed by atoms with Crippen LogP contribution in [0.4, 0.5) is 5.69 Å². The van der Waals surface area contributed by atoms with Gasteiger partial charge in [0.25, 0.3) is 11.5 Å². The first-order valence-electron chi connectivity index (χ1n) is 7.66. The maximum Gasteiger partial charge on any atom is 0.261 e. The summed E-state index contributed by atoms with van der Waals surface area (Å²) in [6, 6.07) is 9.28. The van der Waals surface area contributed by atoms with Crippen molar-refractivity contribution in [1.29, 1.82) is 0 Å². The predicted molar refractivity (Wildman–Crippen MR) is 87.4 cm³/mol. The fourth-order valence-corrected chi connectivity index (χ4v) is 2.89. The molecule has 0 aliphatic heterocycles. The van der Waals surface area contributed by atoms with Gasteiger partial charge >= 0.3 is 0 Å². The van der Waals surface area contributed by atoms with Crippen molar-refractivity contribution in [3.63, 3.8) is 0 Å². The first-order chi connectivity index (χ1) is 10.5. The Labute approximate surface area is 129 Å². The van der Waals surface area contributed by atoms with Gasteiger partial charge in [0, 0.05) is 11.4 Å². The molecule has 4 nitrogen and oxygen atoms in total. The molecule has 2 aromatic rings. The van der Waals surface area contributed by atoms with Crippen LogP contribution in [-0.4, -0.2) is 10.9 Å². The molecular weight excluding hydrogens is 276 g/mol. The second kappa shape index (κ2) is 5.79. The molecule has 1 aromatic heterocycles. The van der Waals surface area contributed by atoms with Crippen LogP contribution in [0, 0.1) is 12.8 Å². The highest BCUT2D eigenvalue weighted by Gasteiger charge is 2.20. The first-order valence-corrected chi connectivity index (χ1v) is 7.66. The van der Waals surface area contributed by atoms with Gasteiger partial charge in [-0.25, -0.2) is 0 Å². The lowest BCUT2D eigenvalue weighted by Gasteiger charge is -2.21. The summed E-state index contributed by atoms with van der Waals surface area (Å²) in [5.74, 6) is 0.234. The van der Waals surface area contributed by atoms with Crippen LogP contribution >= 0.6 is 0 Å². The van der Waals surface area contributed by atoms with Gasteiger partial charge in [-0.3, -0.25) is 9.59 Å². The molecule has 2 N–H and O–H groups in total. The van der Waals surface area contributed by atoms with E-state index in [1.165, 1.54) is 0 Å². The van der Waals surface area contributed by atoms with Gasteiger partial charge < -0.3 is 10.3 Å². The van der Waals surface area contributed by atoms with E-state index < -0.39 is 0 Å². The van der Waals surface area contributed by atoms with E-state index in [4.69, 9.17) is 0 Å². The Hall–Kier alpha value is -2.36. The number of pyridine rings is 1. The highest BCUT2D eigenvalue weighted by molar-refractivity contribution is 6.04. The molecule has 1 aliphatic rings. The van der Waals surface area contributed by atoms with Crippen LogP contribution in [0.1, 0.15) is 40.5 Å². The molecule has 0 unspecified atom stereocenters. The quantitative estimate of drug-likeness (QED) is 0.894. The number of hydrogen-bond acceptors (Lipinski definition) is 2. The summed E-state index contributed by atoms with van der Waals surface area (Å²) in [7, 11) is 0. The van der Waals surface area contributed by atoms with E-state index in [0.717, 1.165) is 36.1 Å². The van der Waals surface area contributed by atoms with Crippen molar-refractivity contribution in [2.45, 2.75) is 33.1 Å². The van der Waals surface area contributed by atoms with Crippen molar-refractivity contribution >= 4 is 11.6 Å². The third-order valence-electron chi connectivity index (χ3n) is 4.22. The van der Waals surface area contributed by atoms with Crippen LogP contribution in [0.3, 0.4) is 0 Å². The van der Waals surface area contributed by atoms with E-state index in [2.05, 4.69) is 17.2 Å². The number of aromatic nitrogens is 1. The highest BCUT2D eigenvalue weighted by Crippen LogP contribution is 2.23. The number of rotatable bonds is 2. The van der Waals surface area contributed by atoms with Gasteiger partial charge in [0.2, 0.25) is 0 Å². The SMILES string of the molecule is Cc1ccc(NC(=O)c2cc3c([nH]c2=O)CC[C@H](C)C3)cc1. The predicted octanol–water partition coefficient (Wildman–Crippen LogP) is 3.06.